The highest BCUT2D eigenvalue weighted by Gasteiger charge is 2.16. The monoisotopic (exact) mass is 327 g/mol. The first kappa shape index (κ1) is 16.9. The lowest BCUT2D eigenvalue weighted by atomic mass is 10.1. The molecule has 0 amide bonds. The summed E-state index contributed by atoms with van der Waals surface area (Å²) in [5.74, 6) is 0.659. The van der Waals surface area contributed by atoms with Gasteiger partial charge >= 0.3 is 0 Å². The van der Waals surface area contributed by atoms with Crippen LogP contribution in [0.15, 0.2) is 18.2 Å². The Labute approximate surface area is 133 Å². The third kappa shape index (κ3) is 4.03. The molecular formula is C15H19ClFN3O2. The zero-order valence-corrected chi connectivity index (χ0v) is 13.3. The number of hydrogen-bond donors (Lipinski definition) is 1. The molecule has 120 valence electrons. The fourth-order valence-electron chi connectivity index (χ4n) is 2.08. The Morgan fingerprint density at radius 3 is 2.86 bits per heavy atom. The Hall–Kier alpha value is -1.50. The summed E-state index contributed by atoms with van der Waals surface area (Å²) in [5.41, 5.74) is 0.368. The lowest BCUT2D eigenvalue weighted by Gasteiger charge is -2.11. The molecule has 0 fully saturated rings. The van der Waals surface area contributed by atoms with Crippen LogP contribution >= 0.6 is 11.6 Å². The van der Waals surface area contributed by atoms with E-state index in [1.807, 2.05) is 6.92 Å². The minimum absolute atomic E-state index is 0.207. The molecule has 0 radical (unpaired) electrons. The topological polar surface area (TPSA) is 60.2 Å². The van der Waals surface area contributed by atoms with Crippen LogP contribution in [0.1, 0.15) is 30.6 Å². The normalized spacial score (nSPS) is 12.6. The summed E-state index contributed by atoms with van der Waals surface area (Å²) in [6, 6.07) is 4.56. The van der Waals surface area contributed by atoms with Gasteiger partial charge in [-0.25, -0.2) is 14.1 Å². The van der Waals surface area contributed by atoms with E-state index in [0.717, 1.165) is 0 Å². The Kier molecular flexibility index (Phi) is 5.88. The van der Waals surface area contributed by atoms with Gasteiger partial charge in [-0.05, 0) is 18.6 Å². The third-order valence-electron chi connectivity index (χ3n) is 3.32. The van der Waals surface area contributed by atoms with Gasteiger partial charge in [-0.3, -0.25) is 0 Å². The van der Waals surface area contributed by atoms with Crippen LogP contribution in [0.4, 0.5) is 4.39 Å². The van der Waals surface area contributed by atoms with E-state index >= 15 is 0 Å². The maximum absolute atomic E-state index is 13.9. The molecule has 0 saturated carbocycles. The first-order valence-corrected chi connectivity index (χ1v) is 7.45. The number of nitrogens with zero attached hydrogens (tertiary/aromatic N) is 3. The average Bonchev–Trinajstić information content (AvgIpc) is 2.85. The molecule has 2 aromatic rings. The number of methoxy groups -OCH3 is 1. The molecule has 7 heteroatoms. The minimum atomic E-state index is -0.535. The van der Waals surface area contributed by atoms with E-state index in [4.69, 9.17) is 16.3 Å². The first-order chi connectivity index (χ1) is 10.5. The van der Waals surface area contributed by atoms with Crippen molar-refractivity contribution in [2.24, 2.45) is 0 Å². The Morgan fingerprint density at radius 2 is 2.23 bits per heavy atom. The zero-order chi connectivity index (χ0) is 16.1. The number of rotatable bonds is 7. The molecule has 5 nitrogen and oxygen atoms in total. The van der Waals surface area contributed by atoms with Gasteiger partial charge in [0.15, 0.2) is 5.82 Å². The van der Waals surface area contributed by atoms with Crippen molar-refractivity contribution in [1.82, 2.24) is 14.8 Å². The van der Waals surface area contributed by atoms with E-state index in [0.29, 0.717) is 35.2 Å². The van der Waals surface area contributed by atoms with Gasteiger partial charge in [0.2, 0.25) is 0 Å². The Balaban J connectivity index is 2.31. The summed E-state index contributed by atoms with van der Waals surface area (Å²) in [6.07, 6.45) is 0.268. The molecule has 1 aromatic carbocycles. The summed E-state index contributed by atoms with van der Waals surface area (Å²) in [4.78, 5) is 4.36. The molecule has 1 heterocycles. The van der Waals surface area contributed by atoms with Crippen molar-refractivity contribution >= 4 is 11.6 Å². The maximum atomic E-state index is 13.9. The van der Waals surface area contributed by atoms with Gasteiger partial charge < -0.3 is 9.84 Å². The van der Waals surface area contributed by atoms with Crippen LogP contribution in [0.5, 0.6) is 0 Å². The number of aliphatic hydroxyl groups is 1. The second-order valence-corrected chi connectivity index (χ2v) is 5.41. The van der Waals surface area contributed by atoms with E-state index < -0.39 is 6.10 Å². The molecule has 2 rings (SSSR count). The highest BCUT2D eigenvalue weighted by atomic mass is 35.5. The summed E-state index contributed by atoms with van der Waals surface area (Å²) in [5, 5.41) is 14.5. The molecule has 0 bridgehead atoms. The lowest BCUT2D eigenvalue weighted by molar-refractivity contribution is 0.142. The smallest absolute Gasteiger partial charge is 0.176 e. The van der Waals surface area contributed by atoms with Crippen LogP contribution in [-0.4, -0.2) is 33.1 Å². The highest BCUT2D eigenvalue weighted by Crippen LogP contribution is 2.22. The van der Waals surface area contributed by atoms with Crippen LogP contribution in [-0.2, 0) is 24.3 Å². The van der Waals surface area contributed by atoms with Crippen LogP contribution in [0, 0.1) is 5.82 Å². The van der Waals surface area contributed by atoms with E-state index in [1.165, 1.54) is 6.07 Å². The summed E-state index contributed by atoms with van der Waals surface area (Å²) in [7, 11) is 1.55. The molecule has 0 saturated heterocycles. The molecule has 0 aliphatic carbocycles. The van der Waals surface area contributed by atoms with Crippen LogP contribution in [0.2, 0.25) is 5.02 Å². The van der Waals surface area contributed by atoms with Crippen molar-refractivity contribution in [2.75, 3.05) is 7.11 Å². The molecule has 0 aliphatic rings. The molecule has 1 N–H and O–H groups in total. The second-order valence-electron chi connectivity index (χ2n) is 5.00. The molecule has 0 aliphatic heterocycles. The summed E-state index contributed by atoms with van der Waals surface area (Å²) in [6.45, 7) is 2.44. The van der Waals surface area contributed by atoms with E-state index in [9.17, 15) is 9.50 Å². The number of aromatic nitrogens is 3. The van der Waals surface area contributed by atoms with Crippen LogP contribution in [0.25, 0.3) is 0 Å². The third-order valence-corrected chi connectivity index (χ3v) is 3.67. The Morgan fingerprint density at radius 1 is 1.45 bits per heavy atom. The molecule has 1 atom stereocenters. The number of aliphatic hydroxyl groups excluding tert-OH is 1. The van der Waals surface area contributed by atoms with Crippen molar-refractivity contribution in [1.29, 1.82) is 0 Å². The quantitative estimate of drug-likeness (QED) is 0.849. The van der Waals surface area contributed by atoms with Gasteiger partial charge in [0.25, 0.3) is 0 Å². The highest BCUT2D eigenvalue weighted by molar-refractivity contribution is 6.31. The zero-order valence-electron chi connectivity index (χ0n) is 12.6. The summed E-state index contributed by atoms with van der Waals surface area (Å²) < 4.78 is 20.5. The SMILES string of the molecule is CC[C@@H](O)Cn1nc(COC)nc1Cc1c(F)cccc1Cl. The minimum Gasteiger partial charge on any atom is -0.391 e. The van der Waals surface area contributed by atoms with Crippen LogP contribution in [0.3, 0.4) is 0 Å². The number of halogens is 2. The van der Waals surface area contributed by atoms with E-state index in [1.54, 1.807) is 23.9 Å². The molecule has 1 aromatic heterocycles. The van der Waals surface area contributed by atoms with Gasteiger partial charge in [-0.2, -0.15) is 5.10 Å². The van der Waals surface area contributed by atoms with Gasteiger partial charge in [0, 0.05) is 24.1 Å². The van der Waals surface area contributed by atoms with Gasteiger partial charge in [0.05, 0.1) is 12.6 Å². The molecule has 22 heavy (non-hydrogen) atoms. The predicted octanol–water partition coefficient (Wildman–Crippen LogP) is 2.58. The predicted molar refractivity (Wildman–Crippen MR) is 81.2 cm³/mol. The second kappa shape index (κ2) is 7.67. The van der Waals surface area contributed by atoms with Crippen molar-refractivity contribution in [3.8, 4) is 0 Å². The van der Waals surface area contributed by atoms with Crippen molar-refractivity contribution < 1.29 is 14.2 Å². The van der Waals surface area contributed by atoms with Gasteiger partial charge in [-0.15, -0.1) is 0 Å². The first-order valence-electron chi connectivity index (χ1n) is 7.07. The fourth-order valence-corrected chi connectivity index (χ4v) is 2.31. The van der Waals surface area contributed by atoms with Crippen LogP contribution < -0.4 is 0 Å². The average molecular weight is 328 g/mol. The Bertz CT molecular complexity index is 613. The number of benzene rings is 1. The standard InChI is InChI=1S/C15H19ClFN3O2/c1-3-10(21)8-20-15(18-14(19-20)9-22-2)7-11-12(16)5-4-6-13(11)17/h4-6,10,21H,3,7-9H2,1-2H3/t10-/m1/s1. The van der Waals surface area contributed by atoms with E-state index in [-0.39, 0.29) is 18.8 Å². The van der Waals surface area contributed by atoms with Crippen molar-refractivity contribution in [3.05, 3.63) is 46.3 Å². The maximum Gasteiger partial charge on any atom is 0.176 e. The largest absolute Gasteiger partial charge is 0.391 e. The van der Waals surface area contributed by atoms with Crippen molar-refractivity contribution in [3.63, 3.8) is 0 Å². The summed E-state index contributed by atoms with van der Waals surface area (Å²) >= 11 is 6.06. The van der Waals surface area contributed by atoms with E-state index in [2.05, 4.69) is 10.1 Å². The van der Waals surface area contributed by atoms with Gasteiger partial charge in [0.1, 0.15) is 18.2 Å². The fraction of sp³-hybridized carbons (Fsp3) is 0.467. The number of hydrogen-bond acceptors (Lipinski definition) is 4. The molecular weight excluding hydrogens is 309 g/mol. The van der Waals surface area contributed by atoms with Gasteiger partial charge in [-0.1, -0.05) is 24.6 Å². The number of ether oxygens (including phenoxy) is 1. The lowest BCUT2D eigenvalue weighted by Crippen LogP contribution is -2.18. The molecule has 0 unspecified atom stereocenters. The molecule has 0 spiro atoms. The van der Waals surface area contributed by atoms with Crippen molar-refractivity contribution in [2.45, 2.75) is 39.0 Å².